The summed E-state index contributed by atoms with van der Waals surface area (Å²) in [4.78, 5) is 14.4. The largest absolute Gasteiger partial charge is 0.508 e. The molecule has 1 heterocycles. The summed E-state index contributed by atoms with van der Waals surface area (Å²) >= 11 is 0. The van der Waals surface area contributed by atoms with Gasteiger partial charge < -0.3 is 10.4 Å². The number of hydrogen-bond acceptors (Lipinski definition) is 4. The fourth-order valence-electron chi connectivity index (χ4n) is 3.04. The van der Waals surface area contributed by atoms with Crippen LogP contribution in [0.1, 0.15) is 29.2 Å². The second kappa shape index (κ2) is 9.52. The Labute approximate surface area is 175 Å². The van der Waals surface area contributed by atoms with Crippen molar-refractivity contribution in [1.29, 1.82) is 0 Å². The van der Waals surface area contributed by atoms with Gasteiger partial charge in [0, 0.05) is 5.69 Å². The van der Waals surface area contributed by atoms with E-state index >= 15 is 0 Å². The molecule has 1 aromatic heterocycles. The van der Waals surface area contributed by atoms with Crippen LogP contribution in [0.4, 0.5) is 5.69 Å². The van der Waals surface area contributed by atoms with E-state index < -0.39 is 0 Å². The van der Waals surface area contributed by atoms with Gasteiger partial charge in [0.25, 0.3) is 5.91 Å². The highest BCUT2D eigenvalue weighted by molar-refractivity contribution is 6.03. The van der Waals surface area contributed by atoms with E-state index in [1.807, 2.05) is 66.7 Å². The number of carbonyl (C=O) groups excluding carboxylic acids is 1. The lowest BCUT2D eigenvalue weighted by molar-refractivity contribution is 0.102. The van der Waals surface area contributed by atoms with E-state index in [1.54, 1.807) is 18.2 Å². The Kier molecular flexibility index (Phi) is 6.60. The molecule has 4 rings (SSSR count). The number of para-hydroxylation sites is 2. The molecule has 6 nitrogen and oxygen atoms in total. The van der Waals surface area contributed by atoms with Gasteiger partial charge in [-0.3, -0.25) is 4.79 Å². The number of hydrogen-bond donors (Lipinski definition) is 2. The molecule has 0 aliphatic rings. The molecule has 6 heteroatoms. The van der Waals surface area contributed by atoms with Gasteiger partial charge in [0.2, 0.25) is 0 Å². The number of carbonyl (C=O) groups is 1. The maximum Gasteiger partial charge on any atom is 0.278 e. The Morgan fingerprint density at radius 2 is 1.57 bits per heavy atom. The van der Waals surface area contributed by atoms with Crippen molar-refractivity contribution in [2.24, 2.45) is 0 Å². The summed E-state index contributed by atoms with van der Waals surface area (Å²) in [6, 6.07) is 25.8. The molecular weight excluding hydrogens is 376 g/mol. The van der Waals surface area contributed by atoms with Crippen LogP contribution >= 0.6 is 0 Å². The first-order valence-corrected chi connectivity index (χ1v) is 9.35. The number of nitrogens with zero attached hydrogens (tertiary/aromatic N) is 3. The average Bonchev–Trinajstić information content (AvgIpc) is 3.18. The molecule has 0 spiro atoms. The molecule has 4 aromatic rings. The molecule has 0 bridgehead atoms. The smallest absolute Gasteiger partial charge is 0.278 e. The van der Waals surface area contributed by atoms with Crippen molar-refractivity contribution in [2.45, 2.75) is 20.3 Å². The van der Waals surface area contributed by atoms with Gasteiger partial charge in [-0.25, -0.2) is 0 Å². The van der Waals surface area contributed by atoms with Crippen molar-refractivity contribution in [3.8, 4) is 11.4 Å². The highest BCUT2D eigenvalue weighted by atomic mass is 16.3. The Morgan fingerprint density at radius 1 is 0.867 bits per heavy atom. The Balaban J connectivity index is 0.00000256. The molecule has 1 amide bonds. The third-order valence-corrected chi connectivity index (χ3v) is 4.48. The minimum Gasteiger partial charge on any atom is -0.508 e. The number of anilines is 1. The molecule has 30 heavy (non-hydrogen) atoms. The van der Waals surface area contributed by atoms with Crippen LogP contribution in [0.2, 0.25) is 0 Å². The van der Waals surface area contributed by atoms with E-state index in [0.717, 1.165) is 11.3 Å². The number of aromatic hydroxyl groups is 1. The fourth-order valence-corrected chi connectivity index (χ4v) is 3.04. The van der Waals surface area contributed by atoms with Gasteiger partial charge in [-0.1, -0.05) is 56.0 Å². The van der Waals surface area contributed by atoms with E-state index in [4.69, 9.17) is 0 Å². The Morgan fingerprint density at radius 3 is 2.27 bits per heavy atom. The number of benzene rings is 3. The molecule has 152 valence electrons. The van der Waals surface area contributed by atoms with Gasteiger partial charge in [-0.15, -0.1) is 5.10 Å². The predicted octanol–water partition coefficient (Wildman–Crippen LogP) is 4.65. The lowest BCUT2D eigenvalue weighted by atomic mass is 10.1. The number of nitrogens with one attached hydrogen (secondary N) is 1. The summed E-state index contributed by atoms with van der Waals surface area (Å²) in [5.74, 6) is -0.0817. The molecule has 0 atom stereocenters. The topological polar surface area (TPSA) is 80.0 Å². The van der Waals surface area contributed by atoms with E-state index in [-0.39, 0.29) is 24.8 Å². The second-order valence-electron chi connectivity index (χ2n) is 6.61. The molecule has 3 aromatic carbocycles. The summed E-state index contributed by atoms with van der Waals surface area (Å²) in [6.07, 6.45) is 1.15. The van der Waals surface area contributed by atoms with Crippen LogP contribution < -0.4 is 5.32 Å². The molecule has 0 aliphatic carbocycles. The van der Waals surface area contributed by atoms with E-state index in [1.165, 1.54) is 4.80 Å². The maximum absolute atomic E-state index is 12.9. The van der Waals surface area contributed by atoms with Gasteiger partial charge in [0.15, 0.2) is 5.69 Å². The lowest BCUT2D eigenvalue weighted by Gasteiger charge is -2.04. The molecule has 2 N–H and O–H groups in total. The third kappa shape index (κ3) is 4.91. The van der Waals surface area contributed by atoms with Gasteiger partial charge in [-0.2, -0.15) is 9.90 Å². The first-order valence-electron chi connectivity index (χ1n) is 9.35. The monoisotopic (exact) mass is 400 g/mol. The standard InChI is InChI=1S/C23H20N4O2.CH4/c28-20-13-7-8-17(16-20)14-15-21-22(23(29)24-18-9-3-1-4-10-18)26-27(25-21)19-11-5-2-6-12-19;/h1-13,16,28H,14-15H2,(H,24,29);1H4. The van der Waals surface area contributed by atoms with E-state index in [0.29, 0.717) is 24.2 Å². The summed E-state index contributed by atoms with van der Waals surface area (Å²) in [7, 11) is 0. The van der Waals surface area contributed by atoms with Gasteiger partial charge in [-0.05, 0) is 54.8 Å². The van der Waals surface area contributed by atoms with Gasteiger partial charge in [0.05, 0.1) is 11.4 Å². The first-order chi connectivity index (χ1) is 14.2. The number of aromatic nitrogens is 3. The summed E-state index contributed by atoms with van der Waals surface area (Å²) in [5, 5.41) is 21.6. The first kappa shape index (κ1) is 20.8. The zero-order valence-corrected chi connectivity index (χ0v) is 15.7. The van der Waals surface area contributed by atoms with Crippen molar-refractivity contribution in [1.82, 2.24) is 15.0 Å². The Hall–Kier alpha value is -3.93. The maximum atomic E-state index is 12.9. The summed E-state index contributed by atoms with van der Waals surface area (Å²) < 4.78 is 0. The quantitative estimate of drug-likeness (QED) is 0.494. The minimum absolute atomic E-state index is 0. The number of phenols is 1. The zero-order valence-electron chi connectivity index (χ0n) is 15.7. The Bertz CT molecular complexity index is 1110. The number of amides is 1. The molecule has 0 saturated heterocycles. The number of rotatable bonds is 6. The fraction of sp³-hybridized carbons (Fsp3) is 0.125. The SMILES string of the molecule is C.O=C(Nc1ccccc1)c1nn(-c2ccccc2)nc1CCc1cccc(O)c1. The van der Waals surface area contributed by atoms with E-state index in [2.05, 4.69) is 15.5 Å². The van der Waals surface area contributed by atoms with Gasteiger partial charge in [0.1, 0.15) is 5.75 Å². The molecule has 0 radical (unpaired) electrons. The zero-order chi connectivity index (χ0) is 20.1. The predicted molar refractivity (Wildman–Crippen MR) is 118 cm³/mol. The van der Waals surface area contributed by atoms with Crippen molar-refractivity contribution in [3.63, 3.8) is 0 Å². The lowest BCUT2D eigenvalue weighted by Crippen LogP contribution is -2.15. The average molecular weight is 400 g/mol. The number of phenolic OH excluding ortho intramolecular Hbond substituents is 1. The van der Waals surface area contributed by atoms with Crippen molar-refractivity contribution in [3.05, 3.63) is 102 Å². The van der Waals surface area contributed by atoms with Crippen molar-refractivity contribution >= 4 is 11.6 Å². The summed E-state index contributed by atoms with van der Waals surface area (Å²) in [5.41, 5.74) is 3.34. The van der Waals surface area contributed by atoms with E-state index in [9.17, 15) is 9.90 Å². The highest BCUT2D eigenvalue weighted by Gasteiger charge is 2.19. The van der Waals surface area contributed by atoms with Crippen LogP contribution in [0.15, 0.2) is 84.9 Å². The third-order valence-electron chi connectivity index (χ3n) is 4.48. The van der Waals surface area contributed by atoms with Crippen LogP contribution in [-0.4, -0.2) is 26.0 Å². The normalized spacial score (nSPS) is 10.3. The van der Waals surface area contributed by atoms with Crippen molar-refractivity contribution < 1.29 is 9.90 Å². The van der Waals surface area contributed by atoms with Crippen LogP contribution in [0.25, 0.3) is 5.69 Å². The highest BCUT2D eigenvalue weighted by Crippen LogP contribution is 2.17. The molecular formula is C24H24N4O2. The van der Waals surface area contributed by atoms with Crippen molar-refractivity contribution in [2.75, 3.05) is 5.32 Å². The molecule has 0 saturated carbocycles. The van der Waals surface area contributed by atoms with Crippen LogP contribution in [-0.2, 0) is 12.8 Å². The summed E-state index contributed by atoms with van der Waals surface area (Å²) in [6.45, 7) is 0. The van der Waals surface area contributed by atoms with Gasteiger partial charge >= 0.3 is 0 Å². The van der Waals surface area contributed by atoms with Crippen LogP contribution in [0.5, 0.6) is 5.75 Å². The van der Waals surface area contributed by atoms with Crippen LogP contribution in [0, 0.1) is 0 Å². The van der Waals surface area contributed by atoms with Crippen LogP contribution in [0.3, 0.4) is 0 Å². The molecule has 0 aliphatic heterocycles. The minimum atomic E-state index is -0.302. The second-order valence-corrected chi connectivity index (χ2v) is 6.61. The molecule has 0 unspecified atom stereocenters. The molecule has 0 fully saturated rings. The number of aryl methyl sites for hydroxylation is 2.